The van der Waals surface area contributed by atoms with Crippen molar-refractivity contribution in [3.8, 4) is 0 Å². The van der Waals surface area contributed by atoms with Gasteiger partial charge in [-0.25, -0.2) is 0 Å². The number of halogens is 3. The van der Waals surface area contributed by atoms with E-state index in [4.69, 9.17) is 9.47 Å². The van der Waals surface area contributed by atoms with Crippen LogP contribution in [0.3, 0.4) is 0 Å². The predicted molar refractivity (Wildman–Crippen MR) is 91.0 cm³/mol. The third kappa shape index (κ3) is 13.0. The average Bonchev–Trinajstić information content (AvgIpc) is 2.59. The molecule has 0 spiro atoms. The fourth-order valence-electron chi connectivity index (χ4n) is 2.12. The number of ether oxygens (including phenoxy) is 2. The van der Waals surface area contributed by atoms with Crippen LogP contribution >= 0.6 is 0 Å². The third-order valence-corrected chi connectivity index (χ3v) is 3.57. The first-order chi connectivity index (χ1) is 12.3. The number of nitrogens with one attached hydrogen (secondary N) is 3. The highest BCUT2D eigenvalue weighted by Crippen LogP contribution is 2.14. The minimum absolute atomic E-state index is 0.00729. The zero-order chi connectivity index (χ0) is 19.8. The molecule has 0 aromatic rings. The average molecular weight is 385 g/mol. The Morgan fingerprint density at radius 1 is 1.04 bits per heavy atom. The molecular weight excluding hydrogens is 355 g/mol. The fourth-order valence-corrected chi connectivity index (χ4v) is 2.12. The number of amides is 1. The fraction of sp³-hybridized carbons (Fsp3) is 0.875. The van der Waals surface area contributed by atoms with Crippen LogP contribution in [0.25, 0.3) is 0 Å². The quantitative estimate of drug-likeness (QED) is 0.338. The molecule has 0 radical (unpaired) electrons. The van der Waals surface area contributed by atoms with Gasteiger partial charge in [0, 0.05) is 20.3 Å². The van der Waals surface area contributed by atoms with Crippen LogP contribution in [0.5, 0.6) is 0 Å². The maximum absolute atomic E-state index is 12.1. The van der Waals surface area contributed by atoms with Crippen molar-refractivity contribution >= 4 is 11.7 Å². The molecule has 154 valence electrons. The van der Waals surface area contributed by atoms with E-state index in [-0.39, 0.29) is 24.9 Å². The highest BCUT2D eigenvalue weighted by atomic mass is 19.4. The monoisotopic (exact) mass is 385 g/mol. The second kappa shape index (κ2) is 14.9. The Kier molecular flexibility index (Phi) is 14.2. The molecule has 0 aliphatic rings. The number of ketones is 1. The predicted octanol–water partition coefficient (Wildman–Crippen LogP) is 0.635. The van der Waals surface area contributed by atoms with E-state index < -0.39 is 12.1 Å². The molecule has 0 saturated heterocycles. The Morgan fingerprint density at radius 2 is 1.77 bits per heavy atom. The van der Waals surface area contributed by atoms with Gasteiger partial charge in [-0.15, -0.1) is 0 Å². The van der Waals surface area contributed by atoms with Crippen LogP contribution < -0.4 is 16.0 Å². The Morgan fingerprint density at radius 3 is 2.38 bits per heavy atom. The molecule has 1 amide bonds. The number of Topliss-reactive ketones (excluding diaryl/α,β-unsaturated/α-hetero) is 1. The van der Waals surface area contributed by atoms with Crippen molar-refractivity contribution in [2.45, 2.75) is 37.9 Å². The van der Waals surface area contributed by atoms with Gasteiger partial charge in [-0.2, -0.15) is 13.2 Å². The van der Waals surface area contributed by atoms with Crippen LogP contribution in [0.2, 0.25) is 0 Å². The van der Waals surface area contributed by atoms with Crippen molar-refractivity contribution < 1.29 is 32.2 Å². The number of methoxy groups -OCH3 is 1. The summed E-state index contributed by atoms with van der Waals surface area (Å²) in [6.45, 7) is 2.48. The summed E-state index contributed by atoms with van der Waals surface area (Å²) in [5, 5.41) is 7.76. The Bertz CT molecular complexity index is 395. The van der Waals surface area contributed by atoms with Crippen molar-refractivity contribution in [1.82, 2.24) is 16.0 Å². The van der Waals surface area contributed by atoms with Crippen molar-refractivity contribution in [3.05, 3.63) is 0 Å². The lowest BCUT2D eigenvalue weighted by Gasteiger charge is -2.15. The Balaban J connectivity index is 3.72. The van der Waals surface area contributed by atoms with Gasteiger partial charge < -0.3 is 25.4 Å². The van der Waals surface area contributed by atoms with E-state index in [0.29, 0.717) is 45.6 Å². The van der Waals surface area contributed by atoms with Gasteiger partial charge in [0.2, 0.25) is 0 Å². The van der Waals surface area contributed by atoms with E-state index in [9.17, 15) is 22.8 Å². The molecule has 1 unspecified atom stereocenters. The number of unbranched alkanes of at least 4 members (excludes halogenated alkanes) is 1. The van der Waals surface area contributed by atoms with Gasteiger partial charge in [0.25, 0.3) is 0 Å². The van der Waals surface area contributed by atoms with E-state index in [1.807, 2.05) is 5.32 Å². The first kappa shape index (κ1) is 24.8. The lowest BCUT2D eigenvalue weighted by molar-refractivity contribution is -0.173. The van der Waals surface area contributed by atoms with Gasteiger partial charge in [0.1, 0.15) is 0 Å². The lowest BCUT2D eigenvalue weighted by Crippen LogP contribution is -2.40. The van der Waals surface area contributed by atoms with Gasteiger partial charge in [0.15, 0.2) is 5.78 Å². The minimum atomic E-state index is -4.86. The molecular formula is C16H30F3N3O4. The van der Waals surface area contributed by atoms with Crippen LogP contribution in [0.15, 0.2) is 0 Å². The standard InChI is InChI=1S/C16H30F3N3O4/c1-20-13(6-3-4-8-22-15(24)16(17,18)19)14(23)12-21-7-5-9-26-11-10-25-2/h13,20-21H,3-12H2,1-2H3,(H,22,24). The molecule has 1 atom stereocenters. The smallest absolute Gasteiger partial charge is 0.382 e. The number of hydrogen-bond acceptors (Lipinski definition) is 6. The summed E-state index contributed by atoms with van der Waals surface area (Å²) in [5.41, 5.74) is 0. The van der Waals surface area contributed by atoms with E-state index in [1.54, 1.807) is 14.2 Å². The third-order valence-electron chi connectivity index (χ3n) is 3.57. The topological polar surface area (TPSA) is 88.7 Å². The number of rotatable bonds is 16. The van der Waals surface area contributed by atoms with E-state index >= 15 is 0 Å². The zero-order valence-corrected chi connectivity index (χ0v) is 15.4. The number of likely N-dealkylation sites (N-methyl/N-ethyl adjacent to an activating group) is 1. The van der Waals surface area contributed by atoms with Gasteiger partial charge in [-0.3, -0.25) is 9.59 Å². The van der Waals surface area contributed by atoms with Crippen molar-refractivity contribution in [3.63, 3.8) is 0 Å². The maximum atomic E-state index is 12.1. The molecule has 26 heavy (non-hydrogen) atoms. The van der Waals surface area contributed by atoms with Gasteiger partial charge in [-0.1, -0.05) is 0 Å². The SMILES string of the molecule is CNC(CCCCNC(=O)C(F)(F)F)C(=O)CNCCCOCCOC. The number of carbonyl (C=O) groups is 2. The number of carbonyl (C=O) groups excluding carboxylic acids is 2. The lowest BCUT2D eigenvalue weighted by atomic mass is 10.1. The molecule has 0 aromatic heterocycles. The normalized spacial score (nSPS) is 12.8. The second-order valence-electron chi connectivity index (χ2n) is 5.69. The largest absolute Gasteiger partial charge is 0.471 e. The zero-order valence-electron chi connectivity index (χ0n) is 15.4. The number of hydrogen-bond donors (Lipinski definition) is 3. The summed E-state index contributed by atoms with van der Waals surface area (Å²) in [6, 6.07) is -0.362. The molecule has 10 heteroatoms. The van der Waals surface area contributed by atoms with Crippen molar-refractivity contribution in [2.24, 2.45) is 0 Å². The molecule has 0 bridgehead atoms. The van der Waals surface area contributed by atoms with Crippen LogP contribution in [0.1, 0.15) is 25.7 Å². The van der Waals surface area contributed by atoms with E-state index in [1.165, 1.54) is 0 Å². The Labute approximate surface area is 152 Å². The minimum Gasteiger partial charge on any atom is -0.382 e. The summed E-state index contributed by atoms with van der Waals surface area (Å²) >= 11 is 0. The summed E-state index contributed by atoms with van der Waals surface area (Å²) in [7, 11) is 3.27. The molecule has 0 aromatic carbocycles. The molecule has 0 rings (SSSR count). The molecule has 3 N–H and O–H groups in total. The molecule has 0 saturated carbocycles. The first-order valence-corrected chi connectivity index (χ1v) is 8.65. The summed E-state index contributed by atoms with van der Waals surface area (Å²) in [4.78, 5) is 22.7. The first-order valence-electron chi connectivity index (χ1n) is 8.65. The van der Waals surface area contributed by atoms with Gasteiger partial charge in [0.05, 0.1) is 25.8 Å². The molecule has 0 aliphatic carbocycles. The van der Waals surface area contributed by atoms with Gasteiger partial charge in [-0.05, 0) is 39.3 Å². The van der Waals surface area contributed by atoms with E-state index in [2.05, 4.69) is 10.6 Å². The second-order valence-corrected chi connectivity index (χ2v) is 5.69. The Hall–Kier alpha value is -1.23. The van der Waals surface area contributed by atoms with Crippen molar-refractivity contribution in [2.75, 3.05) is 53.6 Å². The molecule has 0 fully saturated rings. The van der Waals surface area contributed by atoms with Gasteiger partial charge >= 0.3 is 12.1 Å². The number of alkyl halides is 3. The van der Waals surface area contributed by atoms with Crippen molar-refractivity contribution in [1.29, 1.82) is 0 Å². The molecule has 0 aliphatic heterocycles. The van der Waals surface area contributed by atoms with Crippen LogP contribution in [0, 0.1) is 0 Å². The van der Waals surface area contributed by atoms with Crippen LogP contribution in [0.4, 0.5) is 13.2 Å². The maximum Gasteiger partial charge on any atom is 0.471 e. The molecule has 0 heterocycles. The highest BCUT2D eigenvalue weighted by Gasteiger charge is 2.38. The van der Waals surface area contributed by atoms with E-state index in [0.717, 1.165) is 6.42 Å². The highest BCUT2D eigenvalue weighted by molar-refractivity contribution is 5.85. The summed E-state index contributed by atoms with van der Waals surface area (Å²) in [5.74, 6) is -1.94. The summed E-state index contributed by atoms with van der Waals surface area (Å²) < 4.78 is 46.2. The van der Waals surface area contributed by atoms with Crippen LogP contribution in [-0.4, -0.2) is 77.5 Å². The van der Waals surface area contributed by atoms with Crippen LogP contribution in [-0.2, 0) is 19.1 Å². The molecule has 7 nitrogen and oxygen atoms in total. The summed E-state index contributed by atoms with van der Waals surface area (Å²) in [6.07, 6.45) is -2.68.